The van der Waals surface area contributed by atoms with E-state index in [0.717, 1.165) is 12.8 Å². The fourth-order valence-corrected chi connectivity index (χ4v) is 0.665. The summed E-state index contributed by atoms with van der Waals surface area (Å²) in [7, 11) is 1.51. The third-order valence-corrected chi connectivity index (χ3v) is 1.54. The van der Waals surface area contributed by atoms with Gasteiger partial charge in [-0.15, -0.1) is 0 Å². The Labute approximate surface area is 61.5 Å². The largest absolute Gasteiger partial charge is 0.368 e. The van der Waals surface area contributed by atoms with Gasteiger partial charge in [0.15, 0.2) is 0 Å². The van der Waals surface area contributed by atoms with Crippen molar-refractivity contribution in [2.24, 2.45) is 5.73 Å². The van der Waals surface area contributed by atoms with Gasteiger partial charge in [-0.3, -0.25) is 4.79 Å². The third-order valence-electron chi connectivity index (χ3n) is 1.54. The van der Waals surface area contributed by atoms with Crippen LogP contribution in [-0.2, 0) is 9.53 Å². The topological polar surface area (TPSA) is 52.3 Å². The van der Waals surface area contributed by atoms with Gasteiger partial charge in [0.1, 0.15) is 5.60 Å². The summed E-state index contributed by atoms with van der Waals surface area (Å²) in [6.07, 6.45) is 1.58. The van der Waals surface area contributed by atoms with Crippen molar-refractivity contribution < 1.29 is 9.53 Å². The highest BCUT2D eigenvalue weighted by Gasteiger charge is 2.48. The number of carbonyl (C=O) groups excluding carboxylic acids is 1. The average molecular weight is 145 g/mol. The molecule has 0 unspecified atom stereocenters. The Morgan fingerprint density at radius 1 is 1.50 bits per heavy atom. The number of hydrogen-bond donors (Lipinski definition) is 1. The lowest BCUT2D eigenvalue weighted by molar-refractivity contribution is -0.130. The zero-order chi connectivity index (χ0) is 8.20. The molecular formula is C7H15NO2. The van der Waals surface area contributed by atoms with Crippen LogP contribution in [0, 0.1) is 0 Å². The fourth-order valence-electron chi connectivity index (χ4n) is 0.665. The first-order valence-electron chi connectivity index (χ1n) is 3.56. The van der Waals surface area contributed by atoms with Crippen LogP contribution in [-0.4, -0.2) is 18.6 Å². The Hall–Kier alpha value is -0.570. The molecule has 0 saturated heterocycles. The van der Waals surface area contributed by atoms with Crippen LogP contribution in [0.4, 0.5) is 0 Å². The Morgan fingerprint density at radius 3 is 1.90 bits per heavy atom. The SMILES string of the molecule is CC.COC1(C(N)=O)CC1. The predicted molar refractivity (Wildman–Crippen MR) is 39.5 cm³/mol. The molecule has 1 amide bonds. The minimum Gasteiger partial charge on any atom is -0.368 e. The van der Waals surface area contributed by atoms with Crippen LogP contribution in [0.1, 0.15) is 26.7 Å². The monoisotopic (exact) mass is 145 g/mol. The highest BCUT2D eigenvalue weighted by atomic mass is 16.5. The van der Waals surface area contributed by atoms with Crippen LogP contribution < -0.4 is 5.73 Å². The van der Waals surface area contributed by atoms with E-state index in [1.807, 2.05) is 13.8 Å². The second-order valence-corrected chi connectivity index (χ2v) is 2.06. The molecule has 10 heavy (non-hydrogen) atoms. The first-order chi connectivity index (χ1) is 4.71. The second-order valence-electron chi connectivity index (χ2n) is 2.06. The van der Waals surface area contributed by atoms with Crippen molar-refractivity contribution in [3.8, 4) is 0 Å². The molecule has 3 heteroatoms. The summed E-state index contributed by atoms with van der Waals surface area (Å²) in [5.41, 5.74) is 4.41. The molecule has 0 radical (unpaired) electrons. The summed E-state index contributed by atoms with van der Waals surface area (Å²) in [5.74, 6) is -0.333. The molecule has 3 nitrogen and oxygen atoms in total. The van der Waals surface area contributed by atoms with Crippen molar-refractivity contribution in [2.75, 3.05) is 7.11 Å². The number of ether oxygens (including phenoxy) is 1. The van der Waals surface area contributed by atoms with Crippen LogP contribution in [0.15, 0.2) is 0 Å². The maximum Gasteiger partial charge on any atom is 0.249 e. The highest BCUT2D eigenvalue weighted by molar-refractivity contribution is 5.86. The van der Waals surface area contributed by atoms with Gasteiger partial charge in [0.25, 0.3) is 0 Å². The van der Waals surface area contributed by atoms with Gasteiger partial charge in [-0.1, -0.05) is 13.8 Å². The van der Waals surface area contributed by atoms with Gasteiger partial charge in [0, 0.05) is 7.11 Å². The Morgan fingerprint density at radius 2 is 1.90 bits per heavy atom. The van der Waals surface area contributed by atoms with Crippen molar-refractivity contribution >= 4 is 5.91 Å². The summed E-state index contributed by atoms with van der Waals surface area (Å²) < 4.78 is 4.84. The van der Waals surface area contributed by atoms with Crippen molar-refractivity contribution in [2.45, 2.75) is 32.3 Å². The van der Waals surface area contributed by atoms with E-state index in [1.165, 1.54) is 7.11 Å². The molecule has 0 atom stereocenters. The number of hydrogen-bond acceptors (Lipinski definition) is 2. The molecule has 1 fully saturated rings. The van der Waals surface area contributed by atoms with Crippen molar-refractivity contribution in [3.63, 3.8) is 0 Å². The molecule has 1 aliphatic carbocycles. The van der Waals surface area contributed by atoms with E-state index in [9.17, 15) is 4.79 Å². The lowest BCUT2D eigenvalue weighted by atomic mass is 10.3. The standard InChI is InChI=1S/C5H9NO2.C2H6/c1-8-5(2-3-5)4(6)7;1-2/h2-3H2,1H3,(H2,6,7);1-2H3. The van der Waals surface area contributed by atoms with E-state index in [4.69, 9.17) is 10.5 Å². The molecule has 2 N–H and O–H groups in total. The smallest absolute Gasteiger partial charge is 0.249 e. The van der Waals surface area contributed by atoms with Crippen molar-refractivity contribution in [1.29, 1.82) is 0 Å². The minimum absolute atomic E-state index is 0.333. The number of primary amides is 1. The summed E-state index contributed by atoms with van der Waals surface area (Å²) in [5, 5.41) is 0. The number of carbonyl (C=O) groups is 1. The summed E-state index contributed by atoms with van der Waals surface area (Å²) in [6.45, 7) is 4.00. The van der Waals surface area contributed by atoms with Gasteiger partial charge in [0.05, 0.1) is 0 Å². The van der Waals surface area contributed by atoms with E-state index in [-0.39, 0.29) is 5.91 Å². The molecule has 1 rings (SSSR count). The van der Waals surface area contributed by atoms with Crippen LogP contribution in [0.3, 0.4) is 0 Å². The Balaban J connectivity index is 0.000000371. The summed E-state index contributed by atoms with van der Waals surface area (Å²) in [4.78, 5) is 10.4. The molecule has 0 bridgehead atoms. The molecule has 0 spiro atoms. The van der Waals surface area contributed by atoms with Crippen LogP contribution in [0.5, 0.6) is 0 Å². The Kier molecular flexibility index (Phi) is 3.36. The molecule has 0 aromatic heterocycles. The van der Waals surface area contributed by atoms with Crippen LogP contribution in [0.25, 0.3) is 0 Å². The van der Waals surface area contributed by atoms with E-state index in [2.05, 4.69) is 0 Å². The molecule has 1 aliphatic rings. The number of methoxy groups -OCH3 is 1. The van der Waals surface area contributed by atoms with Gasteiger partial charge in [-0.2, -0.15) is 0 Å². The second kappa shape index (κ2) is 3.56. The molecule has 0 aromatic carbocycles. The van der Waals surface area contributed by atoms with Gasteiger partial charge >= 0.3 is 0 Å². The third kappa shape index (κ3) is 1.70. The normalized spacial score (nSPS) is 18.7. The quantitative estimate of drug-likeness (QED) is 0.621. The first kappa shape index (κ1) is 9.43. The fraction of sp³-hybridized carbons (Fsp3) is 0.857. The predicted octanol–water partition coefficient (Wildman–Crippen LogP) is 0.677. The van der Waals surface area contributed by atoms with Crippen molar-refractivity contribution in [3.05, 3.63) is 0 Å². The molecule has 0 heterocycles. The average Bonchev–Trinajstić information content (AvgIpc) is 2.71. The number of nitrogens with two attached hydrogens (primary N) is 1. The molecule has 0 aliphatic heterocycles. The lowest BCUT2D eigenvalue weighted by Gasteiger charge is -2.05. The van der Waals surface area contributed by atoms with Crippen molar-refractivity contribution in [1.82, 2.24) is 0 Å². The number of amides is 1. The molecule has 0 aromatic rings. The van der Waals surface area contributed by atoms with E-state index < -0.39 is 5.60 Å². The highest BCUT2D eigenvalue weighted by Crippen LogP contribution is 2.38. The van der Waals surface area contributed by atoms with Gasteiger partial charge < -0.3 is 10.5 Å². The zero-order valence-corrected chi connectivity index (χ0v) is 6.81. The number of rotatable bonds is 2. The first-order valence-corrected chi connectivity index (χ1v) is 3.56. The molecular weight excluding hydrogens is 130 g/mol. The maximum absolute atomic E-state index is 10.4. The zero-order valence-electron chi connectivity index (χ0n) is 6.81. The maximum atomic E-state index is 10.4. The lowest BCUT2D eigenvalue weighted by Crippen LogP contribution is -2.31. The van der Waals surface area contributed by atoms with E-state index in [1.54, 1.807) is 0 Å². The van der Waals surface area contributed by atoms with E-state index in [0.29, 0.717) is 0 Å². The van der Waals surface area contributed by atoms with E-state index >= 15 is 0 Å². The van der Waals surface area contributed by atoms with Gasteiger partial charge in [-0.25, -0.2) is 0 Å². The van der Waals surface area contributed by atoms with Gasteiger partial charge in [0.2, 0.25) is 5.91 Å². The Bertz CT molecular complexity index is 119. The summed E-state index contributed by atoms with van der Waals surface area (Å²) in [6, 6.07) is 0. The van der Waals surface area contributed by atoms with Crippen LogP contribution in [0.2, 0.25) is 0 Å². The molecule has 60 valence electrons. The molecule has 1 saturated carbocycles. The van der Waals surface area contributed by atoms with Crippen LogP contribution >= 0.6 is 0 Å². The minimum atomic E-state index is -0.569. The summed E-state index contributed by atoms with van der Waals surface area (Å²) >= 11 is 0. The van der Waals surface area contributed by atoms with Gasteiger partial charge in [-0.05, 0) is 12.8 Å².